The first-order chi connectivity index (χ1) is 6.79. The largest absolute Gasteiger partial charge is 0.326 e. The molecule has 2 heterocycles. The van der Waals surface area contributed by atoms with Crippen LogP contribution in [0.25, 0.3) is 10.4 Å². The Hall–Kier alpha value is -1.19. The zero-order valence-electron chi connectivity index (χ0n) is 8.03. The number of aryl methyl sites for hydroxylation is 1. The maximum atomic E-state index is 5.56. The van der Waals surface area contributed by atoms with Crippen LogP contribution < -0.4 is 5.73 Å². The fourth-order valence-electron chi connectivity index (χ4n) is 1.26. The molecule has 0 unspecified atom stereocenters. The van der Waals surface area contributed by atoms with Crippen LogP contribution in [0.3, 0.4) is 0 Å². The van der Waals surface area contributed by atoms with Gasteiger partial charge in [-0.05, 0) is 25.1 Å². The van der Waals surface area contributed by atoms with Crippen LogP contribution in [0.4, 0.5) is 0 Å². The van der Waals surface area contributed by atoms with E-state index in [2.05, 4.69) is 23.2 Å². The van der Waals surface area contributed by atoms with Gasteiger partial charge in [0.15, 0.2) is 0 Å². The van der Waals surface area contributed by atoms with Gasteiger partial charge in [-0.15, -0.1) is 11.3 Å². The molecular weight excluding hydrogens is 192 g/mol. The van der Waals surface area contributed by atoms with Crippen molar-refractivity contribution in [3.63, 3.8) is 0 Å². The summed E-state index contributed by atoms with van der Waals surface area (Å²) in [7, 11) is 0. The molecule has 2 aromatic rings. The monoisotopic (exact) mass is 204 g/mol. The van der Waals surface area contributed by atoms with E-state index in [9.17, 15) is 0 Å². The fraction of sp³-hybridized carbons (Fsp3) is 0.182. The Kier molecular flexibility index (Phi) is 2.61. The average molecular weight is 204 g/mol. The molecule has 72 valence electrons. The molecule has 2 nitrogen and oxygen atoms in total. The van der Waals surface area contributed by atoms with E-state index in [1.807, 2.05) is 19.2 Å². The van der Waals surface area contributed by atoms with Gasteiger partial charge in [0.05, 0.1) is 0 Å². The summed E-state index contributed by atoms with van der Waals surface area (Å²) in [4.78, 5) is 6.71. The third kappa shape index (κ3) is 1.84. The predicted molar refractivity (Wildman–Crippen MR) is 60.2 cm³/mol. The van der Waals surface area contributed by atoms with Crippen molar-refractivity contribution in [1.82, 2.24) is 4.98 Å². The summed E-state index contributed by atoms with van der Waals surface area (Å²) in [5, 5.41) is 0. The van der Waals surface area contributed by atoms with Crippen molar-refractivity contribution in [2.24, 2.45) is 5.73 Å². The molecule has 2 N–H and O–H groups in total. The summed E-state index contributed by atoms with van der Waals surface area (Å²) in [6.45, 7) is 2.60. The predicted octanol–water partition coefficient (Wildman–Crippen LogP) is 2.58. The van der Waals surface area contributed by atoms with Gasteiger partial charge in [0.25, 0.3) is 0 Å². The number of hydrogen-bond acceptors (Lipinski definition) is 3. The van der Waals surface area contributed by atoms with E-state index >= 15 is 0 Å². The highest BCUT2D eigenvalue weighted by atomic mass is 32.1. The van der Waals surface area contributed by atoms with Crippen LogP contribution in [0.5, 0.6) is 0 Å². The summed E-state index contributed by atoms with van der Waals surface area (Å²) in [5.74, 6) is 0. The molecule has 0 radical (unpaired) electrons. The summed E-state index contributed by atoms with van der Waals surface area (Å²) >= 11 is 1.73. The van der Waals surface area contributed by atoms with Gasteiger partial charge in [0.2, 0.25) is 0 Å². The minimum absolute atomic E-state index is 0.615. The quantitative estimate of drug-likeness (QED) is 0.816. The molecule has 2 rings (SSSR count). The summed E-state index contributed by atoms with van der Waals surface area (Å²) in [6.07, 6.45) is 1.90. The maximum absolute atomic E-state index is 5.56. The molecule has 0 aliphatic carbocycles. The fourth-order valence-corrected chi connectivity index (χ4v) is 2.13. The Morgan fingerprint density at radius 2 is 2.14 bits per heavy atom. The van der Waals surface area contributed by atoms with Gasteiger partial charge in [-0.1, -0.05) is 6.07 Å². The maximum Gasteiger partial charge on any atom is 0.0373 e. The van der Waals surface area contributed by atoms with Crippen LogP contribution in [-0.2, 0) is 6.54 Å². The smallest absolute Gasteiger partial charge is 0.0373 e. The average Bonchev–Trinajstić information content (AvgIpc) is 2.67. The Bertz CT molecular complexity index is 417. The van der Waals surface area contributed by atoms with Crippen LogP contribution in [0.1, 0.15) is 10.6 Å². The topological polar surface area (TPSA) is 38.9 Å². The van der Waals surface area contributed by atoms with Crippen molar-refractivity contribution in [2.45, 2.75) is 13.5 Å². The van der Waals surface area contributed by atoms with E-state index < -0.39 is 0 Å². The second-order valence-corrected chi connectivity index (χ2v) is 4.33. The third-order valence-electron chi connectivity index (χ3n) is 2.06. The van der Waals surface area contributed by atoms with Crippen molar-refractivity contribution < 1.29 is 0 Å². The number of pyridine rings is 1. The van der Waals surface area contributed by atoms with Gasteiger partial charge in [-0.2, -0.15) is 0 Å². The van der Waals surface area contributed by atoms with E-state index in [0.29, 0.717) is 6.54 Å². The molecule has 0 aliphatic heterocycles. The van der Waals surface area contributed by atoms with Gasteiger partial charge in [0.1, 0.15) is 0 Å². The van der Waals surface area contributed by atoms with E-state index in [1.54, 1.807) is 11.3 Å². The van der Waals surface area contributed by atoms with Crippen molar-refractivity contribution in [3.8, 4) is 10.4 Å². The van der Waals surface area contributed by atoms with Crippen LogP contribution >= 0.6 is 11.3 Å². The van der Waals surface area contributed by atoms with Crippen molar-refractivity contribution in [3.05, 3.63) is 41.0 Å². The van der Waals surface area contributed by atoms with Gasteiger partial charge >= 0.3 is 0 Å². The van der Waals surface area contributed by atoms with E-state index in [4.69, 9.17) is 5.73 Å². The number of hydrogen-bond donors (Lipinski definition) is 1. The Labute approximate surface area is 87.4 Å². The first-order valence-corrected chi connectivity index (χ1v) is 5.33. The zero-order chi connectivity index (χ0) is 9.97. The minimum atomic E-state index is 0.615. The molecule has 0 spiro atoms. The van der Waals surface area contributed by atoms with Gasteiger partial charge in [-0.25, -0.2) is 0 Å². The third-order valence-corrected chi connectivity index (χ3v) is 3.22. The molecule has 2 aromatic heterocycles. The first-order valence-electron chi connectivity index (χ1n) is 4.51. The van der Waals surface area contributed by atoms with Crippen molar-refractivity contribution in [2.75, 3.05) is 0 Å². The summed E-state index contributed by atoms with van der Waals surface area (Å²) in [6, 6.07) is 8.28. The first kappa shape index (κ1) is 9.37. The molecule has 0 aromatic carbocycles. The molecule has 0 atom stereocenters. The standard InChI is InChI=1S/C11H12N2S/c1-8-2-3-9(7-13-8)11-5-4-10(6-12)14-11/h2-5,7H,6,12H2,1H3. The summed E-state index contributed by atoms with van der Waals surface area (Å²) < 4.78 is 0. The SMILES string of the molecule is Cc1ccc(-c2ccc(CN)s2)cn1. The molecule has 0 aliphatic rings. The second-order valence-electron chi connectivity index (χ2n) is 3.16. The van der Waals surface area contributed by atoms with Gasteiger partial charge < -0.3 is 5.73 Å². The normalized spacial score (nSPS) is 10.4. The van der Waals surface area contributed by atoms with Gasteiger partial charge in [-0.3, -0.25) is 4.98 Å². The van der Waals surface area contributed by atoms with E-state index in [-0.39, 0.29) is 0 Å². The number of thiophene rings is 1. The molecule has 0 bridgehead atoms. The number of nitrogens with two attached hydrogens (primary N) is 1. The molecular formula is C11H12N2S. The lowest BCUT2D eigenvalue weighted by Crippen LogP contribution is -1.91. The van der Waals surface area contributed by atoms with Crippen LogP contribution in [-0.4, -0.2) is 4.98 Å². The van der Waals surface area contributed by atoms with E-state index in [1.165, 1.54) is 15.3 Å². The minimum Gasteiger partial charge on any atom is -0.326 e. The number of nitrogens with zero attached hydrogens (tertiary/aromatic N) is 1. The molecule has 0 saturated heterocycles. The lowest BCUT2D eigenvalue weighted by atomic mass is 10.2. The molecule has 0 fully saturated rings. The van der Waals surface area contributed by atoms with Crippen LogP contribution in [0.15, 0.2) is 30.5 Å². The second kappa shape index (κ2) is 3.90. The Balaban J connectivity index is 2.34. The lowest BCUT2D eigenvalue weighted by molar-refractivity contribution is 1.11. The van der Waals surface area contributed by atoms with Crippen molar-refractivity contribution in [1.29, 1.82) is 0 Å². The zero-order valence-corrected chi connectivity index (χ0v) is 8.84. The highest BCUT2D eigenvalue weighted by Gasteiger charge is 2.01. The van der Waals surface area contributed by atoms with Crippen molar-refractivity contribution >= 4 is 11.3 Å². The molecule has 0 saturated carbocycles. The lowest BCUT2D eigenvalue weighted by Gasteiger charge is -1.96. The summed E-state index contributed by atoms with van der Waals surface area (Å²) in [5.41, 5.74) is 7.77. The Morgan fingerprint density at radius 3 is 2.71 bits per heavy atom. The Morgan fingerprint density at radius 1 is 1.29 bits per heavy atom. The number of aromatic nitrogens is 1. The van der Waals surface area contributed by atoms with E-state index in [0.717, 1.165) is 5.69 Å². The van der Waals surface area contributed by atoms with Gasteiger partial charge in [0, 0.05) is 33.8 Å². The molecule has 3 heteroatoms. The van der Waals surface area contributed by atoms with Crippen LogP contribution in [0.2, 0.25) is 0 Å². The highest BCUT2D eigenvalue weighted by molar-refractivity contribution is 7.15. The molecule has 0 amide bonds. The molecule has 14 heavy (non-hydrogen) atoms. The highest BCUT2D eigenvalue weighted by Crippen LogP contribution is 2.27. The van der Waals surface area contributed by atoms with Crippen LogP contribution in [0, 0.1) is 6.92 Å². The number of rotatable bonds is 2.